The molecule has 5 nitrogen and oxygen atoms in total. The van der Waals surface area contributed by atoms with Gasteiger partial charge in [0.15, 0.2) is 0 Å². The van der Waals surface area contributed by atoms with Gasteiger partial charge in [0.05, 0.1) is 18.3 Å². The van der Waals surface area contributed by atoms with E-state index in [0.717, 1.165) is 36.9 Å². The van der Waals surface area contributed by atoms with Gasteiger partial charge in [-0.3, -0.25) is 14.7 Å². The first-order valence-corrected chi connectivity index (χ1v) is 12.2. The van der Waals surface area contributed by atoms with Gasteiger partial charge in [-0.15, -0.1) is 0 Å². The van der Waals surface area contributed by atoms with E-state index in [1.165, 1.54) is 36.8 Å². The number of carbonyl (C=O) groups excluding carboxylic acids is 1. The van der Waals surface area contributed by atoms with Crippen LogP contribution >= 0.6 is 0 Å². The van der Waals surface area contributed by atoms with Gasteiger partial charge < -0.3 is 10.4 Å². The summed E-state index contributed by atoms with van der Waals surface area (Å²) in [6.45, 7) is 8.50. The summed E-state index contributed by atoms with van der Waals surface area (Å²) in [5, 5.41) is 12.8. The third-order valence-corrected chi connectivity index (χ3v) is 7.37. The fourth-order valence-corrected chi connectivity index (χ4v) is 5.39. The van der Waals surface area contributed by atoms with Crippen molar-refractivity contribution >= 4 is 5.91 Å². The Morgan fingerprint density at radius 1 is 1.22 bits per heavy atom. The number of hydrogen-bond acceptors (Lipinski definition) is 4. The van der Waals surface area contributed by atoms with Crippen LogP contribution < -0.4 is 5.32 Å². The van der Waals surface area contributed by atoms with E-state index in [1.807, 2.05) is 31.2 Å². The van der Waals surface area contributed by atoms with Crippen LogP contribution in [0.25, 0.3) is 0 Å². The molecule has 4 rings (SSSR count). The Kier molecular flexibility index (Phi) is 7.27. The maximum absolute atomic E-state index is 13.0. The quantitative estimate of drug-likeness (QED) is 0.646. The Labute approximate surface area is 192 Å². The second-order valence-corrected chi connectivity index (χ2v) is 9.86. The Morgan fingerprint density at radius 3 is 2.66 bits per heavy atom. The Morgan fingerprint density at radius 2 is 2.00 bits per heavy atom. The van der Waals surface area contributed by atoms with E-state index in [1.54, 1.807) is 6.20 Å². The Bertz CT molecular complexity index is 919. The van der Waals surface area contributed by atoms with Crippen molar-refractivity contribution in [3.05, 3.63) is 64.5 Å². The van der Waals surface area contributed by atoms with Crippen LogP contribution in [0.3, 0.4) is 0 Å². The maximum Gasteiger partial charge on any atom is 0.251 e. The third-order valence-electron chi connectivity index (χ3n) is 7.37. The van der Waals surface area contributed by atoms with Crippen molar-refractivity contribution in [1.82, 2.24) is 15.2 Å². The molecule has 2 heterocycles. The highest BCUT2D eigenvalue weighted by atomic mass is 16.3. The molecule has 2 atom stereocenters. The van der Waals surface area contributed by atoms with Gasteiger partial charge in [-0.1, -0.05) is 38.8 Å². The van der Waals surface area contributed by atoms with E-state index in [0.29, 0.717) is 17.3 Å². The van der Waals surface area contributed by atoms with E-state index in [4.69, 9.17) is 0 Å². The first-order chi connectivity index (χ1) is 15.5. The van der Waals surface area contributed by atoms with Gasteiger partial charge in [0.1, 0.15) is 0 Å². The van der Waals surface area contributed by atoms with Crippen molar-refractivity contribution in [1.29, 1.82) is 0 Å². The van der Waals surface area contributed by atoms with Crippen LogP contribution in [0.1, 0.15) is 90.8 Å². The van der Waals surface area contributed by atoms with Gasteiger partial charge in [0.2, 0.25) is 0 Å². The number of nitrogens with one attached hydrogen (secondary N) is 1. The number of benzene rings is 1. The number of amides is 1. The predicted octanol–water partition coefficient (Wildman–Crippen LogP) is 4.95. The summed E-state index contributed by atoms with van der Waals surface area (Å²) in [5.41, 5.74) is 5.01. The SMILES string of the molecule is CC[C@H]1c2ccc(C(=O)N[C@@H](CO)c3ccc(C)cn3)cc2CN1CC1CCC(C)CC1. The average Bonchev–Trinajstić information content (AvgIpc) is 3.15. The molecule has 0 saturated heterocycles. The number of rotatable bonds is 7. The number of aryl methyl sites for hydroxylation is 1. The molecule has 172 valence electrons. The molecule has 1 amide bonds. The maximum atomic E-state index is 13.0. The fourth-order valence-electron chi connectivity index (χ4n) is 5.39. The molecule has 2 N–H and O–H groups in total. The summed E-state index contributed by atoms with van der Waals surface area (Å²) < 4.78 is 0. The molecule has 1 fully saturated rings. The molecule has 2 aromatic rings. The second kappa shape index (κ2) is 10.1. The highest BCUT2D eigenvalue weighted by Gasteiger charge is 2.32. The summed E-state index contributed by atoms with van der Waals surface area (Å²) in [6, 6.07) is 9.86. The second-order valence-electron chi connectivity index (χ2n) is 9.86. The molecular formula is C27H37N3O2. The molecular weight excluding hydrogens is 398 g/mol. The number of carbonyl (C=O) groups is 1. The topological polar surface area (TPSA) is 65.5 Å². The van der Waals surface area contributed by atoms with Gasteiger partial charge >= 0.3 is 0 Å². The van der Waals surface area contributed by atoms with Crippen LogP contribution in [0.5, 0.6) is 0 Å². The highest BCUT2D eigenvalue weighted by Crippen LogP contribution is 2.39. The smallest absolute Gasteiger partial charge is 0.251 e. The van der Waals surface area contributed by atoms with Gasteiger partial charge in [0, 0.05) is 30.9 Å². The van der Waals surface area contributed by atoms with Crippen LogP contribution in [-0.2, 0) is 6.54 Å². The van der Waals surface area contributed by atoms with E-state index < -0.39 is 6.04 Å². The molecule has 1 aliphatic heterocycles. The summed E-state index contributed by atoms with van der Waals surface area (Å²) in [7, 11) is 0. The number of nitrogens with zero attached hydrogens (tertiary/aromatic N) is 2. The van der Waals surface area contributed by atoms with Crippen molar-refractivity contribution in [2.24, 2.45) is 11.8 Å². The van der Waals surface area contributed by atoms with E-state index in [9.17, 15) is 9.90 Å². The van der Waals surface area contributed by atoms with Crippen LogP contribution in [0.4, 0.5) is 0 Å². The number of fused-ring (bicyclic) bond motifs is 1. The Balaban J connectivity index is 1.44. The summed E-state index contributed by atoms with van der Waals surface area (Å²) in [4.78, 5) is 20.0. The van der Waals surface area contributed by atoms with Gasteiger partial charge in [0.25, 0.3) is 5.91 Å². The lowest BCUT2D eigenvalue weighted by Gasteiger charge is -2.32. The standard InChI is InChI=1S/C27H37N3O2/c1-4-26-23-11-10-21(27(32)29-25(17-31)24-12-7-19(3)14-28-24)13-22(23)16-30(26)15-20-8-5-18(2)6-9-20/h7,10-14,18,20,25-26,31H,4-6,8-9,15-17H2,1-3H3,(H,29,32)/t18?,20?,25-,26-/m0/s1. The van der Waals surface area contributed by atoms with Crippen molar-refractivity contribution in [3.8, 4) is 0 Å². The molecule has 5 heteroatoms. The molecule has 1 aliphatic carbocycles. The molecule has 0 bridgehead atoms. The van der Waals surface area contributed by atoms with Crippen molar-refractivity contribution in [3.63, 3.8) is 0 Å². The first kappa shape index (κ1) is 22.9. The van der Waals surface area contributed by atoms with E-state index >= 15 is 0 Å². The molecule has 1 saturated carbocycles. The number of hydrogen-bond donors (Lipinski definition) is 2. The van der Waals surface area contributed by atoms with Crippen LogP contribution in [0.2, 0.25) is 0 Å². The van der Waals surface area contributed by atoms with Crippen LogP contribution in [0.15, 0.2) is 36.5 Å². The number of pyridine rings is 1. The van der Waals surface area contributed by atoms with Crippen LogP contribution in [0, 0.1) is 18.8 Å². The normalized spacial score (nSPS) is 24.2. The monoisotopic (exact) mass is 435 g/mol. The zero-order valence-corrected chi connectivity index (χ0v) is 19.7. The number of aromatic nitrogens is 1. The molecule has 0 unspecified atom stereocenters. The zero-order valence-electron chi connectivity index (χ0n) is 19.7. The average molecular weight is 436 g/mol. The molecule has 0 spiro atoms. The van der Waals surface area contributed by atoms with Crippen molar-refractivity contribution < 1.29 is 9.90 Å². The first-order valence-electron chi connectivity index (χ1n) is 12.2. The van der Waals surface area contributed by atoms with Crippen LogP contribution in [-0.4, -0.2) is 34.0 Å². The van der Waals surface area contributed by atoms with E-state index in [-0.39, 0.29) is 12.5 Å². The minimum Gasteiger partial charge on any atom is -0.394 e. The molecule has 1 aromatic carbocycles. The van der Waals surface area contributed by atoms with Gasteiger partial charge in [-0.2, -0.15) is 0 Å². The van der Waals surface area contributed by atoms with E-state index in [2.05, 4.69) is 35.1 Å². The fraction of sp³-hybridized carbons (Fsp3) is 0.556. The lowest BCUT2D eigenvalue weighted by Crippen LogP contribution is -2.31. The summed E-state index contributed by atoms with van der Waals surface area (Å²) >= 11 is 0. The Hall–Kier alpha value is -2.24. The lowest BCUT2D eigenvalue weighted by molar-refractivity contribution is 0.0914. The highest BCUT2D eigenvalue weighted by molar-refractivity contribution is 5.94. The predicted molar refractivity (Wildman–Crippen MR) is 127 cm³/mol. The lowest BCUT2D eigenvalue weighted by atomic mass is 9.82. The van der Waals surface area contributed by atoms with Gasteiger partial charge in [-0.05, 0) is 72.9 Å². The minimum atomic E-state index is -0.509. The molecule has 2 aliphatic rings. The van der Waals surface area contributed by atoms with Crippen molar-refractivity contribution in [2.75, 3.05) is 13.2 Å². The zero-order chi connectivity index (χ0) is 22.7. The van der Waals surface area contributed by atoms with Gasteiger partial charge in [-0.25, -0.2) is 0 Å². The summed E-state index contributed by atoms with van der Waals surface area (Å²) in [6.07, 6.45) is 8.24. The number of aliphatic hydroxyl groups is 1. The number of aliphatic hydroxyl groups excluding tert-OH is 1. The molecule has 0 radical (unpaired) electrons. The largest absolute Gasteiger partial charge is 0.394 e. The van der Waals surface area contributed by atoms with Crippen molar-refractivity contribution in [2.45, 2.75) is 71.5 Å². The minimum absolute atomic E-state index is 0.165. The third kappa shape index (κ3) is 5.05. The molecule has 32 heavy (non-hydrogen) atoms. The molecule has 1 aromatic heterocycles. The summed E-state index contributed by atoms with van der Waals surface area (Å²) in [5.74, 6) is 1.51.